The highest BCUT2D eigenvalue weighted by Gasteiger charge is 2.11. The second kappa shape index (κ2) is 5.72. The van der Waals surface area contributed by atoms with Gasteiger partial charge in [-0.3, -0.25) is 0 Å². The van der Waals surface area contributed by atoms with Crippen molar-refractivity contribution in [3.05, 3.63) is 0 Å². The number of ether oxygens (including phenoxy) is 1. The molecule has 0 aliphatic carbocycles. The zero-order valence-corrected chi connectivity index (χ0v) is 10.0. The Bertz CT molecular complexity index is 145. The molecule has 0 amide bonds. The molecule has 0 bridgehead atoms. The van der Waals surface area contributed by atoms with Gasteiger partial charge >= 0.3 is 0 Å². The lowest BCUT2D eigenvalue weighted by molar-refractivity contribution is 0.0908. The van der Waals surface area contributed by atoms with Crippen LogP contribution < -0.4 is 0 Å². The van der Waals surface area contributed by atoms with Crippen molar-refractivity contribution < 1.29 is 4.74 Å². The summed E-state index contributed by atoms with van der Waals surface area (Å²) in [5.41, 5.74) is 0.410. The standard InChI is InChI=1S/C12H25NO/c1-12(2,3)6-10-14-11-9-13-7-4-5-8-13/h4-11H2,1-3H3. The number of hydrogen-bond donors (Lipinski definition) is 0. The number of likely N-dealkylation sites (tertiary alicyclic amines) is 1. The number of nitrogens with zero attached hydrogens (tertiary/aromatic N) is 1. The van der Waals surface area contributed by atoms with Gasteiger partial charge in [-0.1, -0.05) is 20.8 Å². The minimum Gasteiger partial charge on any atom is -0.380 e. The molecule has 1 aliphatic rings. The minimum absolute atomic E-state index is 0.410. The fourth-order valence-electron chi connectivity index (χ4n) is 1.68. The molecule has 1 fully saturated rings. The second-order valence-electron chi connectivity index (χ2n) is 5.47. The Labute approximate surface area is 88.6 Å². The largest absolute Gasteiger partial charge is 0.380 e. The monoisotopic (exact) mass is 199 g/mol. The average Bonchev–Trinajstić information content (AvgIpc) is 2.54. The summed E-state index contributed by atoms with van der Waals surface area (Å²) in [5, 5.41) is 0. The van der Waals surface area contributed by atoms with E-state index in [1.54, 1.807) is 0 Å². The number of rotatable bonds is 5. The van der Waals surface area contributed by atoms with Gasteiger partial charge in [-0.2, -0.15) is 0 Å². The van der Waals surface area contributed by atoms with Crippen LogP contribution in [0, 0.1) is 5.41 Å². The van der Waals surface area contributed by atoms with Gasteiger partial charge in [0.15, 0.2) is 0 Å². The van der Waals surface area contributed by atoms with Crippen molar-refractivity contribution in [3.63, 3.8) is 0 Å². The highest BCUT2D eigenvalue weighted by atomic mass is 16.5. The van der Waals surface area contributed by atoms with E-state index in [9.17, 15) is 0 Å². The van der Waals surface area contributed by atoms with Crippen molar-refractivity contribution in [1.29, 1.82) is 0 Å². The van der Waals surface area contributed by atoms with E-state index in [2.05, 4.69) is 25.7 Å². The third-order valence-corrected chi connectivity index (χ3v) is 2.75. The molecule has 14 heavy (non-hydrogen) atoms. The molecule has 0 radical (unpaired) electrons. The molecule has 0 aromatic carbocycles. The van der Waals surface area contributed by atoms with Crippen molar-refractivity contribution in [2.75, 3.05) is 32.8 Å². The third-order valence-electron chi connectivity index (χ3n) is 2.75. The molecule has 0 aromatic rings. The van der Waals surface area contributed by atoms with Gasteiger partial charge in [0, 0.05) is 13.2 Å². The van der Waals surface area contributed by atoms with Gasteiger partial charge in [-0.25, -0.2) is 0 Å². The van der Waals surface area contributed by atoms with Gasteiger partial charge in [0.05, 0.1) is 6.61 Å². The van der Waals surface area contributed by atoms with Crippen LogP contribution in [0.15, 0.2) is 0 Å². The van der Waals surface area contributed by atoms with Crippen LogP contribution in [-0.2, 0) is 4.74 Å². The first-order chi connectivity index (χ1) is 6.58. The van der Waals surface area contributed by atoms with Crippen LogP contribution in [0.3, 0.4) is 0 Å². The average molecular weight is 199 g/mol. The maximum atomic E-state index is 5.63. The number of hydrogen-bond acceptors (Lipinski definition) is 2. The quantitative estimate of drug-likeness (QED) is 0.631. The van der Waals surface area contributed by atoms with Gasteiger partial charge < -0.3 is 9.64 Å². The molecule has 0 atom stereocenters. The van der Waals surface area contributed by atoms with E-state index in [0.717, 1.165) is 26.2 Å². The highest BCUT2D eigenvalue weighted by Crippen LogP contribution is 2.17. The molecular weight excluding hydrogens is 174 g/mol. The Morgan fingerprint density at radius 1 is 1.07 bits per heavy atom. The van der Waals surface area contributed by atoms with Crippen LogP contribution in [0.2, 0.25) is 0 Å². The zero-order valence-electron chi connectivity index (χ0n) is 10.0. The van der Waals surface area contributed by atoms with Crippen molar-refractivity contribution >= 4 is 0 Å². The van der Waals surface area contributed by atoms with E-state index in [4.69, 9.17) is 4.74 Å². The molecule has 0 saturated carbocycles. The summed E-state index contributed by atoms with van der Waals surface area (Å²) < 4.78 is 5.63. The predicted octanol–water partition coefficient (Wildman–Crippen LogP) is 2.54. The predicted molar refractivity (Wildman–Crippen MR) is 60.6 cm³/mol. The Balaban J connectivity index is 1.89. The van der Waals surface area contributed by atoms with Crippen molar-refractivity contribution in [2.24, 2.45) is 5.41 Å². The summed E-state index contributed by atoms with van der Waals surface area (Å²) in [6.07, 6.45) is 3.91. The van der Waals surface area contributed by atoms with Crippen molar-refractivity contribution in [1.82, 2.24) is 4.90 Å². The van der Waals surface area contributed by atoms with Gasteiger partial charge in [-0.05, 0) is 37.8 Å². The summed E-state index contributed by atoms with van der Waals surface area (Å²) in [6.45, 7) is 12.3. The van der Waals surface area contributed by atoms with Gasteiger partial charge in [-0.15, -0.1) is 0 Å². The first-order valence-electron chi connectivity index (χ1n) is 5.88. The van der Waals surface area contributed by atoms with E-state index in [1.807, 2.05) is 0 Å². The Kier molecular flexibility index (Phi) is 4.90. The molecule has 2 heteroatoms. The van der Waals surface area contributed by atoms with Crippen LogP contribution in [0.25, 0.3) is 0 Å². The molecule has 0 aromatic heterocycles. The summed E-state index contributed by atoms with van der Waals surface area (Å²) in [4.78, 5) is 2.50. The van der Waals surface area contributed by atoms with Crippen LogP contribution in [-0.4, -0.2) is 37.7 Å². The minimum atomic E-state index is 0.410. The molecule has 0 N–H and O–H groups in total. The third kappa shape index (κ3) is 5.61. The Hall–Kier alpha value is -0.0800. The highest BCUT2D eigenvalue weighted by molar-refractivity contribution is 4.65. The molecule has 1 saturated heterocycles. The molecule has 1 rings (SSSR count). The lowest BCUT2D eigenvalue weighted by Crippen LogP contribution is -2.24. The van der Waals surface area contributed by atoms with E-state index >= 15 is 0 Å². The van der Waals surface area contributed by atoms with Gasteiger partial charge in [0.25, 0.3) is 0 Å². The maximum Gasteiger partial charge on any atom is 0.0593 e. The molecule has 0 unspecified atom stereocenters. The first-order valence-corrected chi connectivity index (χ1v) is 5.88. The van der Waals surface area contributed by atoms with Gasteiger partial charge in [0.2, 0.25) is 0 Å². The summed E-state index contributed by atoms with van der Waals surface area (Å²) in [5.74, 6) is 0. The summed E-state index contributed by atoms with van der Waals surface area (Å²) >= 11 is 0. The topological polar surface area (TPSA) is 12.5 Å². The lowest BCUT2D eigenvalue weighted by Gasteiger charge is -2.19. The van der Waals surface area contributed by atoms with Crippen LogP contribution in [0.5, 0.6) is 0 Å². The molecule has 84 valence electrons. The van der Waals surface area contributed by atoms with Crippen molar-refractivity contribution in [3.8, 4) is 0 Å². The van der Waals surface area contributed by atoms with Gasteiger partial charge in [0.1, 0.15) is 0 Å². The Morgan fingerprint density at radius 3 is 2.29 bits per heavy atom. The first kappa shape index (κ1) is 12.0. The van der Waals surface area contributed by atoms with Crippen molar-refractivity contribution in [2.45, 2.75) is 40.0 Å². The molecule has 0 spiro atoms. The van der Waals surface area contributed by atoms with E-state index in [1.165, 1.54) is 25.9 Å². The fraction of sp³-hybridized carbons (Fsp3) is 1.00. The Morgan fingerprint density at radius 2 is 1.71 bits per heavy atom. The molecule has 1 heterocycles. The molecule has 1 aliphatic heterocycles. The van der Waals surface area contributed by atoms with Crippen LogP contribution in [0.1, 0.15) is 40.0 Å². The maximum absolute atomic E-state index is 5.63. The summed E-state index contributed by atoms with van der Waals surface area (Å²) in [7, 11) is 0. The molecular formula is C12H25NO. The van der Waals surface area contributed by atoms with Crippen LogP contribution >= 0.6 is 0 Å². The van der Waals surface area contributed by atoms with Crippen LogP contribution in [0.4, 0.5) is 0 Å². The lowest BCUT2D eigenvalue weighted by atomic mass is 9.93. The van der Waals surface area contributed by atoms with E-state index in [0.29, 0.717) is 5.41 Å². The zero-order chi connectivity index (χ0) is 10.4. The van der Waals surface area contributed by atoms with E-state index in [-0.39, 0.29) is 0 Å². The SMILES string of the molecule is CC(C)(C)CCOCCN1CCCC1. The summed E-state index contributed by atoms with van der Waals surface area (Å²) in [6, 6.07) is 0. The van der Waals surface area contributed by atoms with E-state index < -0.39 is 0 Å². The normalized spacial score (nSPS) is 19.1. The smallest absolute Gasteiger partial charge is 0.0593 e. The fourth-order valence-corrected chi connectivity index (χ4v) is 1.68. The molecule has 2 nitrogen and oxygen atoms in total. The second-order valence-corrected chi connectivity index (χ2v) is 5.47.